The third-order valence-electron chi connectivity index (χ3n) is 2.23. The van der Waals surface area contributed by atoms with Gasteiger partial charge in [-0.15, -0.1) is 0 Å². The van der Waals surface area contributed by atoms with Gasteiger partial charge in [-0.25, -0.2) is 0 Å². The normalized spacial score (nSPS) is 14.2. The fourth-order valence-electron chi connectivity index (χ4n) is 1.52. The summed E-state index contributed by atoms with van der Waals surface area (Å²) in [6.07, 6.45) is 0.851. The number of nitrogens with one attached hydrogen (secondary N) is 1. The smallest absolute Gasteiger partial charge is 0.253 e. The minimum Gasteiger partial charge on any atom is -0.349 e. The molecule has 1 rings (SSSR count). The number of amides is 1. The summed E-state index contributed by atoms with van der Waals surface area (Å²) in [6, 6.07) is 4.93. The average molecular weight is 339 g/mol. The van der Waals surface area contributed by atoms with Crippen LogP contribution in [0, 0.1) is 0 Å². The predicted molar refractivity (Wildman–Crippen MR) is 76.4 cm³/mol. The average Bonchev–Trinajstić information content (AvgIpc) is 2.20. The van der Waals surface area contributed by atoms with Crippen LogP contribution >= 0.6 is 39.1 Å². The molecular formula is C12H14BrCl2NO. The van der Waals surface area contributed by atoms with Crippen LogP contribution in [0.15, 0.2) is 18.2 Å². The predicted octanol–water partition coefficient (Wildman–Crippen LogP) is 4.29. The molecule has 0 bridgehead atoms. The molecule has 1 aromatic rings. The van der Waals surface area contributed by atoms with E-state index in [9.17, 15) is 4.79 Å². The molecule has 0 aliphatic heterocycles. The molecule has 94 valence electrons. The van der Waals surface area contributed by atoms with Crippen molar-refractivity contribution in [2.75, 3.05) is 0 Å². The fourth-order valence-corrected chi connectivity index (χ4v) is 2.46. The van der Waals surface area contributed by atoms with Gasteiger partial charge in [0, 0.05) is 15.9 Å². The van der Waals surface area contributed by atoms with E-state index in [2.05, 4.69) is 21.2 Å². The Balaban J connectivity index is 2.73. The molecule has 0 fully saturated rings. The number of alkyl halides is 1. The molecule has 0 aromatic heterocycles. The molecule has 0 spiro atoms. The van der Waals surface area contributed by atoms with Gasteiger partial charge in [0.2, 0.25) is 0 Å². The van der Waals surface area contributed by atoms with Crippen LogP contribution in [0.4, 0.5) is 0 Å². The first-order chi connectivity index (χ1) is 7.90. The Kier molecular flexibility index (Phi) is 5.77. The van der Waals surface area contributed by atoms with E-state index in [4.69, 9.17) is 23.2 Å². The Morgan fingerprint density at radius 2 is 2.06 bits per heavy atom. The molecule has 5 heteroatoms. The Morgan fingerprint density at radius 1 is 1.41 bits per heavy atom. The van der Waals surface area contributed by atoms with Crippen molar-refractivity contribution in [1.82, 2.24) is 5.32 Å². The second-order valence-electron chi connectivity index (χ2n) is 4.02. The molecule has 17 heavy (non-hydrogen) atoms. The van der Waals surface area contributed by atoms with Crippen molar-refractivity contribution in [2.45, 2.75) is 31.1 Å². The third kappa shape index (κ3) is 4.86. The largest absolute Gasteiger partial charge is 0.349 e. The highest BCUT2D eigenvalue weighted by atomic mass is 79.9. The highest BCUT2D eigenvalue weighted by Crippen LogP contribution is 2.20. The quantitative estimate of drug-likeness (QED) is 0.815. The molecule has 0 saturated heterocycles. The maximum atomic E-state index is 11.9. The lowest BCUT2D eigenvalue weighted by atomic mass is 10.1. The van der Waals surface area contributed by atoms with Crippen molar-refractivity contribution in [2.24, 2.45) is 0 Å². The minimum absolute atomic E-state index is 0.0759. The molecular weight excluding hydrogens is 325 g/mol. The van der Waals surface area contributed by atoms with Crippen molar-refractivity contribution in [1.29, 1.82) is 0 Å². The van der Waals surface area contributed by atoms with E-state index in [1.54, 1.807) is 18.2 Å². The SMILES string of the molecule is CC(Br)CC(C)NC(=O)c1cc(Cl)ccc1Cl. The second kappa shape index (κ2) is 6.62. The third-order valence-corrected chi connectivity index (χ3v) is 3.17. The Morgan fingerprint density at radius 3 is 2.65 bits per heavy atom. The zero-order valence-corrected chi connectivity index (χ0v) is 12.7. The molecule has 0 heterocycles. The first kappa shape index (κ1) is 14.8. The monoisotopic (exact) mass is 337 g/mol. The molecule has 0 aliphatic carbocycles. The van der Waals surface area contributed by atoms with Crippen molar-refractivity contribution in [3.63, 3.8) is 0 Å². The topological polar surface area (TPSA) is 29.1 Å². The summed E-state index contributed by atoms with van der Waals surface area (Å²) >= 11 is 15.2. The molecule has 1 amide bonds. The van der Waals surface area contributed by atoms with Gasteiger partial charge in [0.25, 0.3) is 5.91 Å². The van der Waals surface area contributed by atoms with Gasteiger partial charge in [0.05, 0.1) is 10.6 Å². The summed E-state index contributed by atoms with van der Waals surface area (Å²) in [6.45, 7) is 3.99. The summed E-state index contributed by atoms with van der Waals surface area (Å²) in [5.74, 6) is -0.196. The molecule has 1 aromatic carbocycles. The number of carbonyl (C=O) groups excluding carboxylic acids is 1. The molecule has 0 saturated carbocycles. The first-order valence-electron chi connectivity index (χ1n) is 5.30. The van der Waals surface area contributed by atoms with E-state index in [-0.39, 0.29) is 11.9 Å². The number of hydrogen-bond donors (Lipinski definition) is 1. The van der Waals surface area contributed by atoms with Gasteiger partial charge in [0.15, 0.2) is 0 Å². The van der Waals surface area contributed by atoms with Crippen LogP contribution < -0.4 is 5.32 Å². The lowest BCUT2D eigenvalue weighted by Crippen LogP contribution is -2.34. The van der Waals surface area contributed by atoms with E-state index in [1.807, 2.05) is 13.8 Å². The summed E-state index contributed by atoms with van der Waals surface area (Å²) in [4.78, 5) is 12.3. The van der Waals surface area contributed by atoms with E-state index in [0.717, 1.165) is 6.42 Å². The number of carbonyl (C=O) groups is 1. The Hall–Kier alpha value is -0.250. The lowest BCUT2D eigenvalue weighted by Gasteiger charge is -2.15. The summed E-state index contributed by atoms with van der Waals surface area (Å²) < 4.78 is 0. The molecule has 1 N–H and O–H groups in total. The molecule has 0 aliphatic rings. The van der Waals surface area contributed by atoms with Gasteiger partial charge in [-0.05, 0) is 31.5 Å². The highest BCUT2D eigenvalue weighted by molar-refractivity contribution is 9.09. The summed E-state index contributed by atoms with van der Waals surface area (Å²) in [5, 5.41) is 3.79. The maximum absolute atomic E-state index is 11.9. The Bertz CT molecular complexity index is 409. The van der Waals surface area contributed by atoms with Crippen molar-refractivity contribution in [3.05, 3.63) is 33.8 Å². The summed E-state index contributed by atoms with van der Waals surface area (Å²) in [5.41, 5.74) is 0.410. The fraction of sp³-hybridized carbons (Fsp3) is 0.417. The highest BCUT2D eigenvalue weighted by Gasteiger charge is 2.14. The molecule has 2 nitrogen and oxygen atoms in total. The van der Waals surface area contributed by atoms with E-state index < -0.39 is 0 Å². The van der Waals surface area contributed by atoms with Crippen molar-refractivity contribution >= 4 is 45.0 Å². The first-order valence-corrected chi connectivity index (χ1v) is 6.97. The molecule has 2 atom stereocenters. The van der Waals surface area contributed by atoms with Crippen molar-refractivity contribution in [3.8, 4) is 0 Å². The van der Waals surface area contributed by atoms with Gasteiger partial charge >= 0.3 is 0 Å². The minimum atomic E-state index is -0.196. The Labute approximate surface area is 120 Å². The maximum Gasteiger partial charge on any atom is 0.253 e. The molecule has 2 unspecified atom stereocenters. The number of hydrogen-bond acceptors (Lipinski definition) is 1. The van der Waals surface area contributed by atoms with Gasteiger partial charge in [-0.2, -0.15) is 0 Å². The van der Waals surface area contributed by atoms with Gasteiger partial charge in [0.1, 0.15) is 0 Å². The van der Waals surface area contributed by atoms with Crippen LogP contribution in [0.1, 0.15) is 30.6 Å². The summed E-state index contributed by atoms with van der Waals surface area (Å²) in [7, 11) is 0. The van der Waals surface area contributed by atoms with Crippen LogP contribution in [0.3, 0.4) is 0 Å². The van der Waals surface area contributed by atoms with Crippen LogP contribution in [0.5, 0.6) is 0 Å². The van der Waals surface area contributed by atoms with E-state index >= 15 is 0 Å². The van der Waals surface area contributed by atoms with Crippen LogP contribution in [-0.4, -0.2) is 16.8 Å². The van der Waals surface area contributed by atoms with Gasteiger partial charge in [-0.3, -0.25) is 4.79 Å². The zero-order chi connectivity index (χ0) is 13.0. The number of halogens is 3. The van der Waals surface area contributed by atoms with Gasteiger partial charge < -0.3 is 5.32 Å². The zero-order valence-electron chi connectivity index (χ0n) is 9.64. The van der Waals surface area contributed by atoms with Crippen LogP contribution in [0.25, 0.3) is 0 Å². The van der Waals surface area contributed by atoms with Crippen molar-refractivity contribution < 1.29 is 4.79 Å². The van der Waals surface area contributed by atoms with E-state index in [0.29, 0.717) is 20.4 Å². The number of rotatable bonds is 4. The molecule has 0 radical (unpaired) electrons. The number of benzene rings is 1. The van der Waals surface area contributed by atoms with Crippen LogP contribution in [-0.2, 0) is 0 Å². The second-order valence-corrected chi connectivity index (χ2v) is 6.42. The van der Waals surface area contributed by atoms with Crippen LogP contribution in [0.2, 0.25) is 10.0 Å². The standard InChI is InChI=1S/C12H14BrCl2NO/c1-7(13)5-8(2)16-12(17)10-6-9(14)3-4-11(10)15/h3-4,6-8H,5H2,1-2H3,(H,16,17). The van der Waals surface area contributed by atoms with Gasteiger partial charge in [-0.1, -0.05) is 46.1 Å². The lowest BCUT2D eigenvalue weighted by molar-refractivity contribution is 0.0939. The van der Waals surface area contributed by atoms with E-state index in [1.165, 1.54) is 0 Å².